The molecule has 3 nitrogen and oxygen atoms in total. The summed E-state index contributed by atoms with van der Waals surface area (Å²) in [6.07, 6.45) is 5.75. The van der Waals surface area contributed by atoms with Crippen LogP contribution in [0.4, 0.5) is 0 Å². The molecule has 0 spiro atoms. The molecule has 0 radical (unpaired) electrons. The second-order valence-corrected chi connectivity index (χ2v) is 4.96. The largest absolute Gasteiger partial charge is 0.490 e. The summed E-state index contributed by atoms with van der Waals surface area (Å²) in [5.41, 5.74) is 0. The van der Waals surface area contributed by atoms with Gasteiger partial charge in [0, 0.05) is 0 Å². The third-order valence-electron chi connectivity index (χ3n) is 3.31. The van der Waals surface area contributed by atoms with E-state index in [0.717, 1.165) is 30.4 Å². The van der Waals surface area contributed by atoms with Crippen molar-refractivity contribution in [2.75, 3.05) is 20.2 Å². The molecule has 1 unspecified atom stereocenters. The van der Waals surface area contributed by atoms with Crippen LogP contribution in [0.1, 0.15) is 19.3 Å². The molecule has 0 amide bonds. The van der Waals surface area contributed by atoms with Crippen molar-refractivity contribution < 1.29 is 9.47 Å². The zero-order valence-corrected chi connectivity index (χ0v) is 11.6. The summed E-state index contributed by atoms with van der Waals surface area (Å²) in [4.78, 5) is 0. The fraction of sp³-hybridized carbons (Fsp3) is 0.500. The average molecular weight is 261 g/mol. The highest BCUT2D eigenvalue weighted by molar-refractivity contribution is 5.31. The van der Waals surface area contributed by atoms with E-state index in [0.29, 0.717) is 12.7 Å². The lowest BCUT2D eigenvalue weighted by atomic mass is 10.1. The third-order valence-corrected chi connectivity index (χ3v) is 3.31. The molecular weight excluding hydrogens is 238 g/mol. The van der Waals surface area contributed by atoms with Gasteiger partial charge in [0.25, 0.3) is 0 Å². The molecule has 1 fully saturated rings. The van der Waals surface area contributed by atoms with Crippen LogP contribution in [-0.4, -0.2) is 26.3 Å². The fourth-order valence-electron chi connectivity index (χ4n) is 2.09. The average Bonchev–Trinajstić information content (AvgIpc) is 3.27. The summed E-state index contributed by atoms with van der Waals surface area (Å²) in [6.45, 7) is 5.17. The van der Waals surface area contributed by atoms with Crippen molar-refractivity contribution in [3.63, 3.8) is 0 Å². The SMILES string of the molecule is C=CCOc1ccc(OC(CCNC)C2CC2)cc1. The Hall–Kier alpha value is -1.48. The van der Waals surface area contributed by atoms with E-state index in [1.165, 1.54) is 12.8 Å². The number of ether oxygens (including phenoxy) is 2. The zero-order valence-electron chi connectivity index (χ0n) is 11.6. The molecule has 1 aromatic rings. The van der Waals surface area contributed by atoms with Crippen LogP contribution in [0.2, 0.25) is 0 Å². The van der Waals surface area contributed by atoms with Crippen LogP contribution >= 0.6 is 0 Å². The second-order valence-electron chi connectivity index (χ2n) is 4.96. The lowest BCUT2D eigenvalue weighted by molar-refractivity contribution is 0.168. The standard InChI is InChI=1S/C16H23NO2/c1-3-12-18-14-6-8-15(9-7-14)19-16(10-11-17-2)13-4-5-13/h3,6-9,13,16-17H,1,4-5,10-12H2,2H3. The van der Waals surface area contributed by atoms with Gasteiger partial charge in [-0.3, -0.25) is 0 Å². The van der Waals surface area contributed by atoms with Crippen molar-refractivity contribution in [2.45, 2.75) is 25.4 Å². The van der Waals surface area contributed by atoms with Gasteiger partial charge >= 0.3 is 0 Å². The minimum absolute atomic E-state index is 0.340. The first-order valence-corrected chi connectivity index (χ1v) is 6.98. The highest BCUT2D eigenvalue weighted by Crippen LogP contribution is 2.36. The van der Waals surface area contributed by atoms with E-state index in [2.05, 4.69) is 11.9 Å². The van der Waals surface area contributed by atoms with E-state index in [-0.39, 0.29) is 0 Å². The van der Waals surface area contributed by atoms with E-state index in [1.807, 2.05) is 31.3 Å². The van der Waals surface area contributed by atoms with Crippen molar-refractivity contribution in [1.82, 2.24) is 5.32 Å². The van der Waals surface area contributed by atoms with Crippen LogP contribution in [0, 0.1) is 5.92 Å². The van der Waals surface area contributed by atoms with Gasteiger partial charge in [0.15, 0.2) is 0 Å². The van der Waals surface area contributed by atoms with E-state index in [9.17, 15) is 0 Å². The van der Waals surface area contributed by atoms with Crippen LogP contribution in [-0.2, 0) is 0 Å². The normalized spacial score (nSPS) is 15.8. The summed E-state index contributed by atoms with van der Waals surface area (Å²) >= 11 is 0. The number of rotatable bonds is 9. The van der Waals surface area contributed by atoms with Gasteiger partial charge in [0.2, 0.25) is 0 Å². The van der Waals surface area contributed by atoms with Crippen LogP contribution in [0.15, 0.2) is 36.9 Å². The number of nitrogens with one attached hydrogen (secondary N) is 1. The number of hydrogen-bond donors (Lipinski definition) is 1. The van der Waals surface area contributed by atoms with E-state index in [4.69, 9.17) is 9.47 Å². The Morgan fingerprint density at radius 3 is 2.58 bits per heavy atom. The highest BCUT2D eigenvalue weighted by Gasteiger charge is 2.32. The third kappa shape index (κ3) is 4.60. The highest BCUT2D eigenvalue weighted by atomic mass is 16.5. The van der Waals surface area contributed by atoms with E-state index < -0.39 is 0 Å². The Labute approximate surface area is 115 Å². The molecule has 1 aromatic carbocycles. The van der Waals surface area contributed by atoms with Gasteiger partial charge in [0.1, 0.15) is 24.2 Å². The van der Waals surface area contributed by atoms with Crippen molar-refractivity contribution in [3.8, 4) is 11.5 Å². The maximum atomic E-state index is 6.08. The predicted octanol–water partition coefficient (Wildman–Crippen LogP) is 3.02. The molecule has 19 heavy (non-hydrogen) atoms. The summed E-state index contributed by atoms with van der Waals surface area (Å²) in [7, 11) is 1.98. The molecule has 104 valence electrons. The van der Waals surface area contributed by atoms with Crippen LogP contribution in [0.25, 0.3) is 0 Å². The lowest BCUT2D eigenvalue weighted by Crippen LogP contribution is -2.24. The van der Waals surface area contributed by atoms with Crippen LogP contribution in [0.3, 0.4) is 0 Å². The molecule has 1 saturated carbocycles. The lowest BCUT2D eigenvalue weighted by Gasteiger charge is -2.19. The minimum Gasteiger partial charge on any atom is -0.490 e. The molecule has 1 aliphatic rings. The van der Waals surface area contributed by atoms with Crippen molar-refractivity contribution >= 4 is 0 Å². The summed E-state index contributed by atoms with van der Waals surface area (Å²) < 4.78 is 11.5. The first kappa shape index (κ1) is 13.9. The minimum atomic E-state index is 0.340. The smallest absolute Gasteiger partial charge is 0.120 e. The summed E-state index contributed by atoms with van der Waals surface area (Å²) in [5, 5.41) is 3.19. The summed E-state index contributed by atoms with van der Waals surface area (Å²) in [6, 6.07) is 7.85. The molecule has 3 heteroatoms. The van der Waals surface area contributed by atoms with Gasteiger partial charge in [-0.05, 0) is 63.0 Å². The van der Waals surface area contributed by atoms with Gasteiger partial charge in [-0.25, -0.2) is 0 Å². The molecular formula is C16H23NO2. The second kappa shape index (κ2) is 7.19. The van der Waals surface area contributed by atoms with Crippen molar-refractivity contribution in [1.29, 1.82) is 0 Å². The molecule has 0 saturated heterocycles. The maximum Gasteiger partial charge on any atom is 0.120 e. The monoisotopic (exact) mass is 261 g/mol. The quantitative estimate of drug-likeness (QED) is 0.693. The molecule has 0 aromatic heterocycles. The molecule has 2 rings (SSSR count). The Kier molecular flexibility index (Phi) is 5.28. The van der Waals surface area contributed by atoms with Gasteiger partial charge in [-0.1, -0.05) is 12.7 Å². The van der Waals surface area contributed by atoms with Crippen molar-refractivity contribution in [2.24, 2.45) is 5.92 Å². The number of benzene rings is 1. The van der Waals surface area contributed by atoms with Crippen LogP contribution in [0.5, 0.6) is 11.5 Å². The Bertz CT molecular complexity index is 384. The molecule has 0 bridgehead atoms. The Balaban J connectivity index is 1.87. The fourth-order valence-corrected chi connectivity index (χ4v) is 2.09. The molecule has 0 heterocycles. The van der Waals surface area contributed by atoms with Crippen molar-refractivity contribution in [3.05, 3.63) is 36.9 Å². The number of hydrogen-bond acceptors (Lipinski definition) is 3. The van der Waals surface area contributed by atoms with E-state index >= 15 is 0 Å². The molecule has 1 atom stereocenters. The van der Waals surface area contributed by atoms with Gasteiger partial charge in [0.05, 0.1) is 0 Å². The zero-order chi connectivity index (χ0) is 13.5. The first-order chi connectivity index (χ1) is 9.33. The van der Waals surface area contributed by atoms with Crippen LogP contribution < -0.4 is 14.8 Å². The Morgan fingerprint density at radius 2 is 2.00 bits per heavy atom. The maximum absolute atomic E-state index is 6.08. The molecule has 0 aliphatic heterocycles. The predicted molar refractivity (Wildman–Crippen MR) is 77.8 cm³/mol. The Morgan fingerprint density at radius 1 is 1.32 bits per heavy atom. The van der Waals surface area contributed by atoms with Gasteiger partial charge in [-0.15, -0.1) is 0 Å². The molecule has 1 aliphatic carbocycles. The summed E-state index contributed by atoms with van der Waals surface area (Å²) in [5.74, 6) is 2.52. The van der Waals surface area contributed by atoms with E-state index in [1.54, 1.807) is 6.08 Å². The van der Waals surface area contributed by atoms with Gasteiger partial charge < -0.3 is 14.8 Å². The topological polar surface area (TPSA) is 30.5 Å². The molecule has 1 N–H and O–H groups in total. The first-order valence-electron chi connectivity index (χ1n) is 6.98. The van der Waals surface area contributed by atoms with Gasteiger partial charge in [-0.2, -0.15) is 0 Å².